The number of phenols is 2. The summed E-state index contributed by atoms with van der Waals surface area (Å²) in [5, 5.41) is 26.4. The summed E-state index contributed by atoms with van der Waals surface area (Å²) in [5.41, 5.74) is 6.64. The number of nitrogens with one attached hydrogen (secondary N) is 1. The predicted octanol–water partition coefficient (Wildman–Crippen LogP) is 0.383. The molecule has 0 spiro atoms. The fourth-order valence-electron chi connectivity index (χ4n) is 1.54. The summed E-state index contributed by atoms with van der Waals surface area (Å²) in [4.78, 5) is 7.29. The Bertz CT molecular complexity index is 513. The van der Waals surface area contributed by atoms with Crippen molar-refractivity contribution in [1.29, 1.82) is 5.41 Å². The molecule has 0 amide bonds. The molecule has 0 aliphatic carbocycles. The Morgan fingerprint density at radius 3 is 2.45 bits per heavy atom. The third-order valence-corrected chi connectivity index (χ3v) is 2.80. The molecule has 0 saturated heterocycles. The van der Waals surface area contributed by atoms with Gasteiger partial charge in [-0.15, -0.1) is 0 Å². The maximum atomic E-state index is 9.38. The Morgan fingerprint density at radius 2 is 1.90 bits per heavy atom. The van der Waals surface area contributed by atoms with Gasteiger partial charge in [0.25, 0.3) is 0 Å². The molecule has 110 valence electrons. The minimum absolute atomic E-state index is 0.143. The van der Waals surface area contributed by atoms with E-state index in [1.54, 1.807) is 32.1 Å². The maximum absolute atomic E-state index is 9.38. The Balaban J connectivity index is 2.59. The zero-order valence-corrected chi connectivity index (χ0v) is 12.0. The summed E-state index contributed by atoms with van der Waals surface area (Å²) in [7, 11) is 5.18. The average Bonchev–Trinajstić information content (AvgIpc) is 2.40. The minimum Gasteiger partial charge on any atom is -0.504 e. The van der Waals surface area contributed by atoms with Crippen LogP contribution in [0, 0.1) is 5.41 Å². The van der Waals surface area contributed by atoms with Gasteiger partial charge < -0.3 is 20.8 Å². The quantitative estimate of drug-likeness (QED) is 0.363. The van der Waals surface area contributed by atoms with Gasteiger partial charge in [0.2, 0.25) is 0 Å². The van der Waals surface area contributed by atoms with Gasteiger partial charge in [-0.3, -0.25) is 15.3 Å². The second kappa shape index (κ2) is 6.65. The lowest BCUT2D eigenvalue weighted by Gasteiger charge is -2.23. The van der Waals surface area contributed by atoms with E-state index in [4.69, 9.17) is 11.1 Å². The van der Waals surface area contributed by atoms with Crippen molar-refractivity contribution in [2.45, 2.75) is 6.42 Å². The highest BCUT2D eigenvalue weighted by atomic mass is 16.3. The third kappa shape index (κ3) is 4.04. The number of phenolic OH excluding ortho intramolecular Hbond substituents is 2. The normalized spacial score (nSPS) is 11.2. The molecule has 0 fully saturated rings. The van der Waals surface area contributed by atoms with Crippen molar-refractivity contribution in [2.24, 2.45) is 10.7 Å². The molecule has 0 saturated carbocycles. The van der Waals surface area contributed by atoms with Gasteiger partial charge in [0, 0.05) is 27.7 Å². The zero-order chi connectivity index (χ0) is 15.3. The predicted molar refractivity (Wildman–Crippen MR) is 79.1 cm³/mol. The molecule has 0 aliphatic rings. The van der Waals surface area contributed by atoms with E-state index in [0.29, 0.717) is 13.0 Å². The maximum Gasteiger partial charge on any atom is 0.199 e. The topological polar surface area (TPSA) is 109 Å². The smallest absolute Gasteiger partial charge is 0.199 e. The molecular formula is C13H21N5O2. The van der Waals surface area contributed by atoms with E-state index < -0.39 is 0 Å². The molecule has 1 rings (SSSR count). The lowest BCUT2D eigenvalue weighted by atomic mass is 10.1. The zero-order valence-electron chi connectivity index (χ0n) is 12.0. The number of guanidine groups is 2. The highest BCUT2D eigenvalue weighted by molar-refractivity contribution is 5.95. The van der Waals surface area contributed by atoms with E-state index in [2.05, 4.69) is 4.99 Å². The van der Waals surface area contributed by atoms with Crippen LogP contribution in [0.4, 0.5) is 0 Å². The first-order valence-corrected chi connectivity index (χ1v) is 6.13. The lowest BCUT2D eigenvalue weighted by molar-refractivity contribution is 0.403. The Kier molecular flexibility index (Phi) is 5.19. The van der Waals surface area contributed by atoms with Crippen molar-refractivity contribution in [2.75, 3.05) is 27.7 Å². The average molecular weight is 279 g/mol. The Labute approximate surface area is 118 Å². The van der Waals surface area contributed by atoms with Crippen LogP contribution < -0.4 is 5.73 Å². The largest absolute Gasteiger partial charge is 0.504 e. The molecule has 0 radical (unpaired) electrons. The van der Waals surface area contributed by atoms with Gasteiger partial charge in [-0.2, -0.15) is 0 Å². The summed E-state index contributed by atoms with van der Waals surface area (Å²) in [6.07, 6.45) is 0.581. The summed E-state index contributed by atoms with van der Waals surface area (Å²) >= 11 is 0. The third-order valence-electron chi connectivity index (χ3n) is 2.80. The monoisotopic (exact) mass is 279 g/mol. The van der Waals surface area contributed by atoms with Crippen LogP contribution in [0.3, 0.4) is 0 Å². The molecule has 0 aromatic heterocycles. The summed E-state index contributed by atoms with van der Waals surface area (Å²) in [6.45, 7) is 0.432. The molecule has 0 unspecified atom stereocenters. The van der Waals surface area contributed by atoms with Gasteiger partial charge in [-0.05, 0) is 24.1 Å². The van der Waals surface area contributed by atoms with Crippen LogP contribution >= 0.6 is 0 Å². The molecule has 7 nitrogen and oxygen atoms in total. The van der Waals surface area contributed by atoms with Gasteiger partial charge in [-0.1, -0.05) is 6.07 Å². The summed E-state index contributed by atoms with van der Waals surface area (Å²) < 4.78 is 0. The van der Waals surface area contributed by atoms with Gasteiger partial charge >= 0.3 is 0 Å². The van der Waals surface area contributed by atoms with Crippen molar-refractivity contribution < 1.29 is 10.2 Å². The number of hydrogen-bond acceptors (Lipinski definition) is 4. The van der Waals surface area contributed by atoms with Gasteiger partial charge in [0.15, 0.2) is 23.4 Å². The Hall–Kier alpha value is -2.44. The highest BCUT2D eigenvalue weighted by Gasteiger charge is 2.09. The highest BCUT2D eigenvalue weighted by Crippen LogP contribution is 2.24. The van der Waals surface area contributed by atoms with Crippen LogP contribution in [0.1, 0.15) is 5.56 Å². The SMILES string of the molecule is CN(C)C(=N)N(C)C(N)=NCCc1ccc(O)c(O)c1. The number of nitrogens with two attached hydrogens (primary N) is 1. The van der Waals surface area contributed by atoms with Crippen molar-refractivity contribution in [1.82, 2.24) is 9.80 Å². The summed E-state index contributed by atoms with van der Waals surface area (Å²) in [5.74, 6) is 0.210. The molecule has 1 aromatic carbocycles. The van der Waals surface area contributed by atoms with E-state index in [9.17, 15) is 10.2 Å². The molecule has 20 heavy (non-hydrogen) atoms. The van der Waals surface area contributed by atoms with E-state index in [-0.39, 0.29) is 23.4 Å². The van der Waals surface area contributed by atoms with Gasteiger partial charge in [0.1, 0.15) is 0 Å². The standard InChI is InChI=1S/C13H21N5O2/c1-17(2)13(15)18(3)12(14)16-7-6-9-4-5-10(19)11(20)8-9/h4-5,8,15,19-20H,6-7H2,1-3H3,(H2,14,16). The van der Waals surface area contributed by atoms with Crippen LogP contribution in [0.2, 0.25) is 0 Å². The number of hydrogen-bond donors (Lipinski definition) is 4. The molecule has 5 N–H and O–H groups in total. The number of benzene rings is 1. The number of nitrogens with zero attached hydrogens (tertiary/aromatic N) is 3. The van der Waals surface area contributed by atoms with Crippen LogP contribution in [0.15, 0.2) is 23.2 Å². The van der Waals surface area contributed by atoms with Crippen LogP contribution in [0.5, 0.6) is 11.5 Å². The molecule has 0 aliphatic heterocycles. The molecule has 0 heterocycles. The van der Waals surface area contributed by atoms with E-state index >= 15 is 0 Å². The van der Waals surface area contributed by atoms with E-state index in [1.807, 2.05) is 0 Å². The van der Waals surface area contributed by atoms with Crippen molar-refractivity contribution in [3.05, 3.63) is 23.8 Å². The fourth-order valence-corrected chi connectivity index (χ4v) is 1.54. The first-order chi connectivity index (χ1) is 9.32. The number of rotatable bonds is 3. The fraction of sp³-hybridized carbons (Fsp3) is 0.385. The second-order valence-corrected chi connectivity index (χ2v) is 4.59. The molecule has 0 atom stereocenters. The first-order valence-electron chi connectivity index (χ1n) is 6.13. The van der Waals surface area contributed by atoms with Gasteiger partial charge in [-0.25, -0.2) is 0 Å². The minimum atomic E-state index is -0.147. The Morgan fingerprint density at radius 1 is 1.25 bits per heavy atom. The lowest BCUT2D eigenvalue weighted by Crippen LogP contribution is -2.44. The van der Waals surface area contributed by atoms with Gasteiger partial charge in [0.05, 0.1) is 0 Å². The van der Waals surface area contributed by atoms with Crippen molar-refractivity contribution in [3.63, 3.8) is 0 Å². The van der Waals surface area contributed by atoms with Crippen LogP contribution in [-0.2, 0) is 6.42 Å². The molecular weight excluding hydrogens is 258 g/mol. The first kappa shape index (κ1) is 15.6. The van der Waals surface area contributed by atoms with E-state index in [0.717, 1.165) is 5.56 Å². The van der Waals surface area contributed by atoms with Crippen LogP contribution in [0.25, 0.3) is 0 Å². The van der Waals surface area contributed by atoms with Crippen molar-refractivity contribution in [3.8, 4) is 11.5 Å². The molecule has 1 aromatic rings. The van der Waals surface area contributed by atoms with Crippen LogP contribution in [-0.4, -0.2) is 59.6 Å². The van der Waals surface area contributed by atoms with Crippen molar-refractivity contribution >= 4 is 11.9 Å². The summed E-state index contributed by atoms with van der Waals surface area (Å²) in [6, 6.07) is 4.64. The molecule has 7 heteroatoms. The molecule has 0 bridgehead atoms. The second-order valence-electron chi connectivity index (χ2n) is 4.59. The number of aliphatic imine (C=N–C) groups is 1. The van der Waals surface area contributed by atoms with E-state index in [1.165, 1.54) is 17.0 Å². The number of aromatic hydroxyl groups is 2.